The molecule has 0 aromatic carbocycles. The Hall–Kier alpha value is -1.24. The second-order valence-corrected chi connectivity index (χ2v) is 9.08. The first-order valence-corrected chi connectivity index (χ1v) is 9.77. The van der Waals surface area contributed by atoms with Gasteiger partial charge in [-0.25, -0.2) is 0 Å². The molecule has 3 rings (SSSR count). The number of rotatable bonds is 6. The number of hydrogen-bond acceptors (Lipinski definition) is 6. The Balaban J connectivity index is 1.58. The van der Waals surface area contributed by atoms with Crippen LogP contribution in [0.4, 0.5) is 0 Å². The lowest BCUT2D eigenvalue weighted by atomic mass is 9.90. The molecule has 3 heterocycles. The van der Waals surface area contributed by atoms with Gasteiger partial charge < -0.3 is 14.4 Å². The third-order valence-corrected chi connectivity index (χ3v) is 5.25. The highest BCUT2D eigenvalue weighted by atomic mass is 16.5. The van der Waals surface area contributed by atoms with Gasteiger partial charge in [0, 0.05) is 32.4 Å². The van der Waals surface area contributed by atoms with Crippen molar-refractivity contribution in [3.8, 4) is 0 Å². The molecular formula is C20H32N2O4. The zero-order valence-corrected chi connectivity index (χ0v) is 16.2. The molecule has 0 radical (unpaired) electrons. The van der Waals surface area contributed by atoms with Gasteiger partial charge in [0.25, 0.3) is 0 Å². The minimum atomic E-state index is -0.421. The molecule has 146 valence electrons. The number of Topliss-reactive ketones (excluding diaryl/α,β-unsaturated/α-hetero) is 1. The lowest BCUT2D eigenvalue weighted by Gasteiger charge is -2.30. The van der Waals surface area contributed by atoms with Crippen molar-refractivity contribution in [3.63, 3.8) is 0 Å². The monoisotopic (exact) mass is 364 g/mol. The van der Waals surface area contributed by atoms with Crippen molar-refractivity contribution in [1.29, 1.82) is 0 Å². The summed E-state index contributed by atoms with van der Waals surface area (Å²) in [5.74, 6) is 1.29. The number of nitrogens with zero attached hydrogens (tertiary/aromatic N) is 2. The molecule has 1 N–H and O–H groups in total. The van der Waals surface area contributed by atoms with E-state index in [9.17, 15) is 9.90 Å². The first-order valence-electron chi connectivity index (χ1n) is 9.77. The molecular weight excluding hydrogens is 332 g/mol. The summed E-state index contributed by atoms with van der Waals surface area (Å²) >= 11 is 0. The summed E-state index contributed by atoms with van der Waals surface area (Å²) in [5, 5.41) is 14.2. The number of ether oxygens (including phenoxy) is 1. The van der Waals surface area contributed by atoms with Crippen molar-refractivity contribution in [2.75, 3.05) is 26.3 Å². The van der Waals surface area contributed by atoms with Gasteiger partial charge in [-0.3, -0.25) is 9.69 Å². The Morgan fingerprint density at radius 3 is 2.77 bits per heavy atom. The number of carbonyl (C=O) groups excluding carboxylic acids is 1. The highest BCUT2D eigenvalue weighted by Crippen LogP contribution is 2.25. The summed E-state index contributed by atoms with van der Waals surface area (Å²) in [6.45, 7) is 9.51. The van der Waals surface area contributed by atoms with Crippen LogP contribution in [0.3, 0.4) is 0 Å². The van der Waals surface area contributed by atoms with Crippen molar-refractivity contribution in [2.45, 2.75) is 65.0 Å². The Kier molecular flexibility index (Phi) is 6.15. The Bertz CT molecular complexity index is 601. The van der Waals surface area contributed by atoms with Gasteiger partial charge in [0.15, 0.2) is 5.78 Å². The Morgan fingerprint density at radius 1 is 1.35 bits per heavy atom. The van der Waals surface area contributed by atoms with E-state index in [2.05, 4.69) is 30.8 Å². The zero-order valence-electron chi connectivity index (χ0n) is 16.2. The Morgan fingerprint density at radius 2 is 2.08 bits per heavy atom. The molecule has 0 unspecified atom stereocenters. The van der Waals surface area contributed by atoms with Gasteiger partial charge in [-0.05, 0) is 37.0 Å². The molecule has 0 bridgehead atoms. The second kappa shape index (κ2) is 8.19. The van der Waals surface area contributed by atoms with Crippen molar-refractivity contribution >= 4 is 5.78 Å². The molecule has 1 aromatic heterocycles. The lowest BCUT2D eigenvalue weighted by Crippen LogP contribution is -2.41. The molecule has 6 nitrogen and oxygen atoms in total. The van der Waals surface area contributed by atoms with Crippen molar-refractivity contribution < 1.29 is 19.2 Å². The second-order valence-electron chi connectivity index (χ2n) is 9.08. The smallest absolute Gasteiger partial charge is 0.157 e. The van der Waals surface area contributed by atoms with Crippen molar-refractivity contribution in [2.24, 2.45) is 11.3 Å². The number of ketones is 1. The molecule has 6 heteroatoms. The maximum absolute atomic E-state index is 12.8. The maximum atomic E-state index is 12.8. The number of aliphatic hydroxyl groups is 1. The van der Waals surface area contributed by atoms with Crippen LogP contribution in [-0.2, 0) is 22.4 Å². The first-order chi connectivity index (χ1) is 12.3. The molecule has 1 aromatic rings. The molecule has 0 aliphatic carbocycles. The third kappa shape index (κ3) is 5.38. The van der Waals surface area contributed by atoms with Crippen LogP contribution in [0.2, 0.25) is 0 Å². The summed E-state index contributed by atoms with van der Waals surface area (Å²) < 4.78 is 10.8. The molecule has 2 aliphatic rings. The van der Waals surface area contributed by atoms with Gasteiger partial charge in [0.2, 0.25) is 0 Å². The summed E-state index contributed by atoms with van der Waals surface area (Å²) in [5.41, 5.74) is 1.03. The predicted molar refractivity (Wildman–Crippen MR) is 97.9 cm³/mol. The topological polar surface area (TPSA) is 75.8 Å². The number of hydrogen-bond donors (Lipinski definition) is 1. The van der Waals surface area contributed by atoms with E-state index in [0.717, 1.165) is 44.7 Å². The molecule has 0 saturated carbocycles. The third-order valence-electron chi connectivity index (χ3n) is 5.25. The maximum Gasteiger partial charge on any atom is 0.157 e. The number of carbonyl (C=O) groups is 1. The number of aliphatic hydroxyl groups excluding tert-OH is 1. The fourth-order valence-corrected chi connectivity index (χ4v) is 4.03. The summed E-state index contributed by atoms with van der Waals surface area (Å²) in [4.78, 5) is 15.0. The molecule has 2 fully saturated rings. The minimum absolute atomic E-state index is 0.118. The van der Waals surface area contributed by atoms with E-state index in [1.54, 1.807) is 0 Å². The van der Waals surface area contributed by atoms with E-state index in [0.29, 0.717) is 24.6 Å². The predicted octanol–water partition coefficient (Wildman–Crippen LogP) is 2.24. The molecule has 2 saturated heterocycles. The van der Waals surface area contributed by atoms with Crippen LogP contribution in [0.25, 0.3) is 0 Å². The van der Waals surface area contributed by atoms with E-state index in [1.165, 1.54) is 0 Å². The fourth-order valence-electron chi connectivity index (χ4n) is 4.03. The van der Waals surface area contributed by atoms with Crippen LogP contribution in [0.1, 0.15) is 51.5 Å². The van der Waals surface area contributed by atoms with E-state index in [1.807, 2.05) is 6.07 Å². The lowest BCUT2D eigenvalue weighted by molar-refractivity contribution is -0.123. The van der Waals surface area contributed by atoms with Crippen molar-refractivity contribution in [3.05, 3.63) is 17.5 Å². The van der Waals surface area contributed by atoms with Crippen LogP contribution in [0.15, 0.2) is 10.6 Å². The van der Waals surface area contributed by atoms with E-state index in [4.69, 9.17) is 9.26 Å². The van der Waals surface area contributed by atoms with Crippen LogP contribution in [-0.4, -0.2) is 59.4 Å². The summed E-state index contributed by atoms with van der Waals surface area (Å²) in [7, 11) is 0. The summed E-state index contributed by atoms with van der Waals surface area (Å²) in [6.07, 6.45) is 3.24. The normalized spacial score (nSPS) is 25.7. The van der Waals surface area contributed by atoms with E-state index < -0.39 is 6.10 Å². The summed E-state index contributed by atoms with van der Waals surface area (Å²) in [6, 6.07) is 1.68. The molecule has 2 aliphatic heterocycles. The Labute approximate surface area is 155 Å². The first kappa shape index (κ1) is 19.5. The average Bonchev–Trinajstić information content (AvgIpc) is 3.13. The van der Waals surface area contributed by atoms with Crippen molar-refractivity contribution in [1.82, 2.24) is 10.1 Å². The highest BCUT2D eigenvalue weighted by Gasteiger charge is 2.37. The van der Waals surface area contributed by atoms with Gasteiger partial charge in [-0.15, -0.1) is 0 Å². The largest absolute Gasteiger partial charge is 0.392 e. The van der Waals surface area contributed by atoms with Gasteiger partial charge in [-0.2, -0.15) is 0 Å². The minimum Gasteiger partial charge on any atom is -0.392 e. The van der Waals surface area contributed by atoms with Gasteiger partial charge >= 0.3 is 0 Å². The zero-order chi connectivity index (χ0) is 18.7. The van der Waals surface area contributed by atoms with E-state index in [-0.39, 0.29) is 23.7 Å². The SMILES string of the molecule is CC(C)(C)Cc1cc(CC(=O)[C@@H]2C[C@@H](O)CN2CC2CCOCC2)on1. The quantitative estimate of drug-likeness (QED) is 0.834. The van der Waals surface area contributed by atoms with Crippen LogP contribution >= 0.6 is 0 Å². The standard InChI is InChI=1S/C20H32N2O4/c1-20(2,3)11-15-8-17(26-21-15)10-19(24)18-9-16(23)13-22(18)12-14-4-6-25-7-5-14/h8,14,16,18,23H,4-7,9-13H2,1-3H3/t16-,18+/m1/s1. The molecule has 0 spiro atoms. The van der Waals surface area contributed by atoms with Crippen LogP contribution in [0.5, 0.6) is 0 Å². The van der Waals surface area contributed by atoms with Gasteiger partial charge in [-0.1, -0.05) is 25.9 Å². The van der Waals surface area contributed by atoms with Crippen LogP contribution in [0, 0.1) is 11.3 Å². The number of likely N-dealkylation sites (tertiary alicyclic amines) is 1. The highest BCUT2D eigenvalue weighted by molar-refractivity contribution is 5.86. The van der Waals surface area contributed by atoms with Gasteiger partial charge in [0.05, 0.1) is 24.3 Å². The molecule has 0 amide bonds. The fraction of sp³-hybridized carbons (Fsp3) is 0.800. The van der Waals surface area contributed by atoms with Gasteiger partial charge in [0.1, 0.15) is 5.76 Å². The number of aromatic nitrogens is 1. The molecule has 26 heavy (non-hydrogen) atoms. The van der Waals surface area contributed by atoms with Crippen LogP contribution < -0.4 is 0 Å². The number of β-amino-alcohol motifs (C(OH)–C–C–N with tert-alkyl or cyclic N) is 1. The molecule has 2 atom stereocenters. The van der Waals surface area contributed by atoms with E-state index >= 15 is 0 Å². The average molecular weight is 364 g/mol.